The highest BCUT2D eigenvalue weighted by Gasteiger charge is 2.11. The van der Waals surface area contributed by atoms with E-state index in [1.807, 2.05) is 42.5 Å². The van der Waals surface area contributed by atoms with Gasteiger partial charge in [0.2, 0.25) is 0 Å². The van der Waals surface area contributed by atoms with E-state index in [4.69, 9.17) is 14.2 Å². The van der Waals surface area contributed by atoms with E-state index >= 15 is 0 Å². The maximum Gasteiger partial charge on any atom is 0.174 e. The third-order valence-electron chi connectivity index (χ3n) is 3.96. The number of methoxy groups -OCH3 is 2. The molecule has 0 aromatic heterocycles. The summed E-state index contributed by atoms with van der Waals surface area (Å²) in [5, 5.41) is 0. The molecule has 4 nitrogen and oxygen atoms in total. The van der Waals surface area contributed by atoms with Crippen LogP contribution in [0.1, 0.15) is 11.1 Å². The van der Waals surface area contributed by atoms with Gasteiger partial charge in [-0.2, -0.15) is 0 Å². The second kappa shape index (κ2) is 9.54. The molecule has 144 valence electrons. The number of rotatable bonds is 7. The van der Waals surface area contributed by atoms with Gasteiger partial charge >= 0.3 is 0 Å². The van der Waals surface area contributed by atoms with Crippen molar-refractivity contribution >= 4 is 34.5 Å². The fourth-order valence-corrected chi connectivity index (χ4v) is 3.34. The Balaban J connectivity index is 1.77. The summed E-state index contributed by atoms with van der Waals surface area (Å²) in [7, 11) is 3.22. The van der Waals surface area contributed by atoms with Crippen LogP contribution in [0.5, 0.6) is 17.2 Å². The van der Waals surface area contributed by atoms with E-state index in [9.17, 15) is 4.39 Å². The highest BCUT2D eigenvalue weighted by atomic mass is 127. The predicted molar refractivity (Wildman–Crippen MR) is 117 cm³/mol. The molecule has 28 heavy (non-hydrogen) atoms. The van der Waals surface area contributed by atoms with Crippen LogP contribution in [-0.2, 0) is 6.61 Å². The zero-order valence-corrected chi connectivity index (χ0v) is 17.6. The number of halogens is 2. The average Bonchev–Trinajstić information content (AvgIpc) is 2.71. The van der Waals surface area contributed by atoms with E-state index in [1.165, 1.54) is 12.1 Å². The summed E-state index contributed by atoms with van der Waals surface area (Å²) in [6.45, 7) is 0.253. The van der Waals surface area contributed by atoms with Gasteiger partial charge in [-0.05, 0) is 82.2 Å². The molecule has 0 aliphatic rings. The van der Waals surface area contributed by atoms with Gasteiger partial charge in [-0.1, -0.05) is 12.1 Å². The van der Waals surface area contributed by atoms with Crippen molar-refractivity contribution in [1.29, 1.82) is 0 Å². The molecular formula is C22H19FINO3. The number of aliphatic imine (C=N–C) groups is 1. The van der Waals surface area contributed by atoms with Crippen LogP contribution in [-0.4, -0.2) is 20.4 Å². The minimum Gasteiger partial charge on any atom is -0.497 e. The van der Waals surface area contributed by atoms with E-state index < -0.39 is 0 Å². The van der Waals surface area contributed by atoms with Crippen LogP contribution in [0.4, 0.5) is 10.1 Å². The molecule has 0 unspecified atom stereocenters. The molecule has 0 N–H and O–H groups in total. The van der Waals surface area contributed by atoms with Crippen molar-refractivity contribution < 1.29 is 18.6 Å². The standard InChI is InChI=1S/C22H19FINO3/c1-26-19-8-6-18(7-9-19)25-13-16-11-20(24)22(21(12-16)27-2)28-14-15-4-3-5-17(23)10-15/h3-13H,14H2,1-2H3. The van der Waals surface area contributed by atoms with Gasteiger partial charge in [0.1, 0.15) is 18.2 Å². The summed E-state index contributed by atoms with van der Waals surface area (Å²) in [5.74, 6) is 1.72. The quantitative estimate of drug-likeness (QED) is 0.311. The van der Waals surface area contributed by atoms with Crippen molar-refractivity contribution in [2.45, 2.75) is 6.61 Å². The summed E-state index contributed by atoms with van der Waals surface area (Å²) < 4.78 is 30.7. The molecule has 0 fully saturated rings. The number of benzene rings is 3. The molecular weight excluding hydrogens is 472 g/mol. The molecule has 0 amide bonds. The summed E-state index contributed by atoms with van der Waals surface area (Å²) in [4.78, 5) is 4.48. The Bertz CT molecular complexity index is 974. The van der Waals surface area contributed by atoms with Crippen molar-refractivity contribution in [2.24, 2.45) is 4.99 Å². The lowest BCUT2D eigenvalue weighted by molar-refractivity contribution is 0.282. The Morgan fingerprint density at radius 1 is 1.00 bits per heavy atom. The van der Waals surface area contributed by atoms with Gasteiger partial charge < -0.3 is 14.2 Å². The third-order valence-corrected chi connectivity index (χ3v) is 4.76. The van der Waals surface area contributed by atoms with E-state index in [-0.39, 0.29) is 12.4 Å². The zero-order valence-electron chi connectivity index (χ0n) is 15.5. The summed E-state index contributed by atoms with van der Waals surface area (Å²) >= 11 is 2.19. The van der Waals surface area contributed by atoms with Gasteiger partial charge in [-0.3, -0.25) is 4.99 Å². The van der Waals surface area contributed by atoms with Crippen LogP contribution in [0.3, 0.4) is 0 Å². The summed E-state index contributed by atoms with van der Waals surface area (Å²) in [6, 6.07) is 17.6. The minimum absolute atomic E-state index is 0.253. The van der Waals surface area contributed by atoms with Crippen LogP contribution >= 0.6 is 22.6 Å². The van der Waals surface area contributed by atoms with Crippen LogP contribution in [0, 0.1) is 9.39 Å². The fraction of sp³-hybridized carbons (Fsp3) is 0.136. The van der Waals surface area contributed by atoms with Gasteiger partial charge in [0, 0.05) is 6.21 Å². The van der Waals surface area contributed by atoms with E-state index in [0.29, 0.717) is 11.5 Å². The second-order valence-electron chi connectivity index (χ2n) is 5.91. The second-order valence-corrected chi connectivity index (χ2v) is 7.07. The van der Waals surface area contributed by atoms with Gasteiger partial charge in [0.15, 0.2) is 11.5 Å². The topological polar surface area (TPSA) is 40.0 Å². The van der Waals surface area contributed by atoms with Gasteiger partial charge in [-0.15, -0.1) is 0 Å². The molecule has 3 aromatic rings. The Hall–Kier alpha value is -2.61. The van der Waals surface area contributed by atoms with Crippen molar-refractivity contribution in [2.75, 3.05) is 14.2 Å². The molecule has 0 aliphatic heterocycles. The van der Waals surface area contributed by atoms with Crippen molar-refractivity contribution in [3.05, 3.63) is 81.2 Å². The number of ether oxygens (including phenoxy) is 3. The van der Waals surface area contributed by atoms with Gasteiger partial charge in [0.05, 0.1) is 23.5 Å². The molecule has 3 aromatic carbocycles. The maximum atomic E-state index is 13.3. The van der Waals surface area contributed by atoms with Crippen molar-refractivity contribution in [3.8, 4) is 17.2 Å². The molecule has 0 saturated carbocycles. The monoisotopic (exact) mass is 491 g/mol. The van der Waals surface area contributed by atoms with E-state index in [0.717, 1.165) is 26.1 Å². The summed E-state index contributed by atoms with van der Waals surface area (Å²) in [6.07, 6.45) is 1.77. The Morgan fingerprint density at radius 2 is 1.79 bits per heavy atom. The van der Waals surface area contributed by atoms with Crippen molar-refractivity contribution in [1.82, 2.24) is 0 Å². The van der Waals surface area contributed by atoms with E-state index in [2.05, 4.69) is 27.6 Å². The first-order valence-electron chi connectivity index (χ1n) is 8.52. The average molecular weight is 491 g/mol. The maximum absolute atomic E-state index is 13.3. The number of nitrogens with zero attached hydrogens (tertiary/aromatic N) is 1. The normalized spacial score (nSPS) is 10.9. The molecule has 3 rings (SSSR count). The number of hydrogen-bond acceptors (Lipinski definition) is 4. The predicted octanol–water partition coefficient (Wildman–Crippen LogP) is 5.78. The lowest BCUT2D eigenvalue weighted by Gasteiger charge is -2.13. The Kier molecular flexibility index (Phi) is 6.86. The van der Waals surface area contributed by atoms with Crippen LogP contribution in [0.15, 0.2) is 65.7 Å². The van der Waals surface area contributed by atoms with Crippen molar-refractivity contribution in [3.63, 3.8) is 0 Å². The molecule has 0 atom stereocenters. The molecule has 0 bridgehead atoms. The summed E-state index contributed by atoms with van der Waals surface area (Å²) in [5.41, 5.74) is 2.46. The minimum atomic E-state index is -0.284. The lowest BCUT2D eigenvalue weighted by atomic mass is 10.2. The van der Waals surface area contributed by atoms with Gasteiger partial charge in [0.25, 0.3) is 0 Å². The molecule has 0 heterocycles. The first-order chi connectivity index (χ1) is 13.6. The zero-order chi connectivity index (χ0) is 19.9. The smallest absolute Gasteiger partial charge is 0.174 e. The molecule has 0 spiro atoms. The fourth-order valence-electron chi connectivity index (χ4n) is 2.55. The lowest BCUT2D eigenvalue weighted by Crippen LogP contribution is -2.01. The Morgan fingerprint density at radius 3 is 2.46 bits per heavy atom. The SMILES string of the molecule is COc1ccc(N=Cc2cc(I)c(OCc3cccc(F)c3)c(OC)c2)cc1. The molecule has 0 saturated heterocycles. The first-order valence-corrected chi connectivity index (χ1v) is 9.60. The molecule has 0 radical (unpaired) electrons. The molecule has 6 heteroatoms. The number of hydrogen-bond donors (Lipinski definition) is 0. The van der Waals surface area contributed by atoms with Crippen LogP contribution in [0.25, 0.3) is 0 Å². The largest absolute Gasteiger partial charge is 0.497 e. The first kappa shape index (κ1) is 20.1. The molecule has 0 aliphatic carbocycles. The highest BCUT2D eigenvalue weighted by Crippen LogP contribution is 2.34. The Labute approximate surface area is 177 Å². The van der Waals surface area contributed by atoms with Crippen LogP contribution in [0.2, 0.25) is 0 Å². The van der Waals surface area contributed by atoms with E-state index in [1.54, 1.807) is 26.5 Å². The third kappa shape index (κ3) is 5.22. The van der Waals surface area contributed by atoms with Gasteiger partial charge in [-0.25, -0.2) is 4.39 Å². The van der Waals surface area contributed by atoms with Crippen LogP contribution < -0.4 is 14.2 Å². The highest BCUT2D eigenvalue weighted by molar-refractivity contribution is 14.1.